The van der Waals surface area contributed by atoms with E-state index < -0.39 is 0 Å². The number of hydrogen-bond donors (Lipinski definition) is 3. The summed E-state index contributed by atoms with van der Waals surface area (Å²) < 4.78 is 0. The molecule has 0 heterocycles. The zero-order valence-electron chi connectivity index (χ0n) is 8.40. The quantitative estimate of drug-likeness (QED) is 0.207. The molecule has 0 radical (unpaired) electrons. The first-order valence-electron chi connectivity index (χ1n) is 4.28. The Morgan fingerprint density at radius 1 is 1.50 bits per heavy atom. The molecule has 0 spiro atoms. The van der Waals surface area contributed by atoms with Crippen LogP contribution in [0.5, 0.6) is 0 Å². The second kappa shape index (κ2) is 9.12. The van der Waals surface area contributed by atoms with Crippen molar-refractivity contribution in [2.45, 2.75) is 13.3 Å². The van der Waals surface area contributed by atoms with Gasteiger partial charge in [-0.3, -0.25) is 4.99 Å². The minimum Gasteiger partial charge on any atom is -0.389 e. The molecule has 0 amide bonds. The summed E-state index contributed by atoms with van der Waals surface area (Å²) in [6.45, 7) is 2.68. The summed E-state index contributed by atoms with van der Waals surface area (Å²) in [5.74, 6) is 0. The lowest BCUT2D eigenvalue weighted by Crippen LogP contribution is -2.26. The number of hydrazine groups is 1. The number of nitrogens with one attached hydrogen (secondary N) is 3. The number of allylic oxidation sites excluding steroid dienone is 1. The maximum absolute atomic E-state index is 5.73. The second-order valence-corrected chi connectivity index (χ2v) is 3.24. The summed E-state index contributed by atoms with van der Waals surface area (Å²) in [5.41, 5.74) is 6.73. The van der Waals surface area contributed by atoms with Gasteiger partial charge in [-0.1, -0.05) is 11.6 Å². The number of rotatable bonds is 7. The molecule has 0 aromatic heterocycles. The van der Waals surface area contributed by atoms with E-state index in [9.17, 15) is 0 Å². The fourth-order valence-electron chi connectivity index (χ4n) is 0.778. The van der Waals surface area contributed by atoms with Crippen LogP contribution >= 0.6 is 23.2 Å². The zero-order valence-corrected chi connectivity index (χ0v) is 9.91. The van der Waals surface area contributed by atoms with E-state index in [0.717, 1.165) is 12.2 Å². The van der Waals surface area contributed by atoms with Gasteiger partial charge in [-0.2, -0.15) is 0 Å². The van der Waals surface area contributed by atoms with Crippen LogP contribution in [0.1, 0.15) is 13.3 Å². The van der Waals surface area contributed by atoms with Crippen molar-refractivity contribution in [3.8, 4) is 0 Å². The fourth-order valence-corrected chi connectivity index (χ4v) is 1.14. The molecule has 14 heavy (non-hydrogen) atoms. The highest BCUT2D eigenvalue weighted by atomic mass is 35.5. The Bertz CT molecular complexity index is 204. The first kappa shape index (κ1) is 13.5. The van der Waals surface area contributed by atoms with E-state index in [1.165, 1.54) is 0 Å². The number of hydrogen-bond acceptors (Lipinski definition) is 4. The maximum Gasteiger partial charge on any atom is 0.114 e. The number of halogens is 2. The molecule has 0 saturated heterocycles. The Hall–Kier alpha value is -0.450. The molecular weight excluding hydrogens is 223 g/mol. The van der Waals surface area contributed by atoms with E-state index in [1.807, 2.05) is 13.1 Å². The summed E-state index contributed by atoms with van der Waals surface area (Å²) in [5, 5.41) is 3.63. The van der Waals surface area contributed by atoms with Gasteiger partial charge in [0.1, 0.15) is 11.2 Å². The summed E-state index contributed by atoms with van der Waals surface area (Å²) >= 11 is 11.1. The van der Waals surface area contributed by atoms with E-state index >= 15 is 0 Å². The minimum atomic E-state index is 0.217. The van der Waals surface area contributed by atoms with Crippen molar-refractivity contribution < 1.29 is 0 Å². The molecular formula is C8H16Cl2N4. The predicted octanol–water partition coefficient (Wildman–Crippen LogP) is 1.39. The molecule has 4 nitrogen and oxygen atoms in total. The molecule has 0 rings (SSSR count). The van der Waals surface area contributed by atoms with Crippen LogP contribution in [0.3, 0.4) is 0 Å². The SMILES string of the molecule is CNN/C(C)=C\NCCC(Cl)=NCCl. The highest BCUT2D eigenvalue weighted by Gasteiger charge is 1.92. The highest BCUT2D eigenvalue weighted by molar-refractivity contribution is 6.65. The molecule has 0 aliphatic heterocycles. The first-order chi connectivity index (χ1) is 6.70. The van der Waals surface area contributed by atoms with Gasteiger partial charge >= 0.3 is 0 Å². The van der Waals surface area contributed by atoms with Gasteiger partial charge in [0.25, 0.3) is 0 Å². The lowest BCUT2D eigenvalue weighted by atomic mass is 10.4. The van der Waals surface area contributed by atoms with E-state index in [1.54, 1.807) is 7.05 Å². The van der Waals surface area contributed by atoms with Crippen LogP contribution in [-0.2, 0) is 0 Å². The van der Waals surface area contributed by atoms with Crippen molar-refractivity contribution in [2.75, 3.05) is 19.6 Å². The van der Waals surface area contributed by atoms with E-state index in [4.69, 9.17) is 23.2 Å². The molecule has 3 N–H and O–H groups in total. The second-order valence-electron chi connectivity index (χ2n) is 2.56. The van der Waals surface area contributed by atoms with E-state index in [0.29, 0.717) is 11.6 Å². The van der Waals surface area contributed by atoms with Gasteiger partial charge in [0.2, 0.25) is 0 Å². The fraction of sp³-hybridized carbons (Fsp3) is 0.625. The summed E-state index contributed by atoms with van der Waals surface area (Å²) in [6, 6.07) is 0.217. The van der Waals surface area contributed by atoms with Gasteiger partial charge in [-0.15, -0.1) is 11.6 Å². The molecule has 0 unspecified atom stereocenters. The monoisotopic (exact) mass is 238 g/mol. The van der Waals surface area contributed by atoms with Gasteiger partial charge in [0.15, 0.2) is 0 Å². The first-order valence-corrected chi connectivity index (χ1v) is 5.19. The smallest absolute Gasteiger partial charge is 0.114 e. The molecule has 0 aliphatic carbocycles. The minimum absolute atomic E-state index is 0.217. The van der Waals surface area contributed by atoms with Crippen molar-refractivity contribution in [3.05, 3.63) is 11.9 Å². The largest absolute Gasteiger partial charge is 0.389 e. The molecule has 0 saturated carbocycles. The van der Waals surface area contributed by atoms with Crippen LogP contribution in [0.4, 0.5) is 0 Å². The third-order valence-electron chi connectivity index (χ3n) is 1.35. The topological polar surface area (TPSA) is 48.4 Å². The van der Waals surface area contributed by atoms with Gasteiger partial charge < -0.3 is 10.7 Å². The van der Waals surface area contributed by atoms with Crippen molar-refractivity contribution in [2.24, 2.45) is 4.99 Å². The van der Waals surface area contributed by atoms with E-state index in [2.05, 4.69) is 21.2 Å². The highest BCUT2D eigenvalue weighted by Crippen LogP contribution is 1.93. The summed E-state index contributed by atoms with van der Waals surface area (Å²) in [4.78, 5) is 3.84. The van der Waals surface area contributed by atoms with Gasteiger partial charge in [0, 0.05) is 31.9 Å². The Balaban J connectivity index is 3.54. The maximum atomic E-state index is 5.73. The number of aliphatic imine (C=N–C) groups is 1. The third-order valence-corrected chi connectivity index (χ3v) is 1.78. The summed E-state index contributed by atoms with van der Waals surface area (Å²) in [7, 11) is 1.81. The van der Waals surface area contributed by atoms with Crippen molar-refractivity contribution in [3.63, 3.8) is 0 Å². The third kappa shape index (κ3) is 8.16. The predicted molar refractivity (Wildman–Crippen MR) is 62.6 cm³/mol. The van der Waals surface area contributed by atoms with Gasteiger partial charge in [0.05, 0.1) is 0 Å². The number of alkyl halides is 1. The molecule has 0 atom stereocenters. The lowest BCUT2D eigenvalue weighted by molar-refractivity contribution is 0.679. The van der Waals surface area contributed by atoms with Gasteiger partial charge in [-0.05, 0) is 6.92 Å². The van der Waals surface area contributed by atoms with Crippen molar-refractivity contribution in [1.82, 2.24) is 16.2 Å². The lowest BCUT2D eigenvalue weighted by Gasteiger charge is -2.04. The Labute approximate surface area is 94.7 Å². The molecule has 0 aromatic rings. The summed E-state index contributed by atoms with van der Waals surface area (Å²) in [6.07, 6.45) is 2.54. The molecule has 0 fully saturated rings. The normalized spacial score (nSPS) is 12.9. The van der Waals surface area contributed by atoms with E-state index in [-0.39, 0.29) is 6.00 Å². The van der Waals surface area contributed by atoms with Crippen molar-refractivity contribution in [1.29, 1.82) is 0 Å². The molecule has 82 valence electrons. The molecule has 0 bridgehead atoms. The molecule has 0 aliphatic rings. The van der Waals surface area contributed by atoms with Crippen LogP contribution in [0.2, 0.25) is 0 Å². The van der Waals surface area contributed by atoms with Crippen molar-refractivity contribution >= 4 is 28.4 Å². The Morgan fingerprint density at radius 3 is 2.79 bits per heavy atom. The van der Waals surface area contributed by atoms with Crippen LogP contribution < -0.4 is 16.2 Å². The van der Waals surface area contributed by atoms with Crippen LogP contribution in [0, 0.1) is 0 Å². The molecule has 6 heteroatoms. The average molecular weight is 239 g/mol. The Morgan fingerprint density at radius 2 is 2.21 bits per heavy atom. The average Bonchev–Trinajstić information content (AvgIpc) is 2.13. The van der Waals surface area contributed by atoms with Crippen LogP contribution in [0.25, 0.3) is 0 Å². The van der Waals surface area contributed by atoms with Gasteiger partial charge in [-0.25, -0.2) is 5.43 Å². The van der Waals surface area contributed by atoms with Crippen LogP contribution in [0.15, 0.2) is 16.9 Å². The molecule has 0 aromatic carbocycles. The zero-order chi connectivity index (χ0) is 10.8. The number of nitrogens with zero attached hydrogens (tertiary/aromatic N) is 1. The standard InChI is InChI=1S/C8H16Cl2N4/c1-7(14-11-2)5-12-4-3-8(10)13-6-9/h5,11-12,14H,3-4,6H2,1-2H3/b7-5-,13-8?. The van der Waals surface area contributed by atoms with Crippen LogP contribution in [-0.4, -0.2) is 24.8 Å². The Kier molecular flexibility index (Phi) is 8.83.